The number of ketones is 1. The van der Waals surface area contributed by atoms with Gasteiger partial charge in [0.1, 0.15) is 11.5 Å². The maximum Gasteiger partial charge on any atom is 0.236 e. The summed E-state index contributed by atoms with van der Waals surface area (Å²) in [6, 6.07) is 8.13. The zero-order chi connectivity index (χ0) is 24.6. The summed E-state index contributed by atoms with van der Waals surface area (Å²) in [6.45, 7) is 7.58. The molecule has 8 nitrogen and oxygen atoms in total. The summed E-state index contributed by atoms with van der Waals surface area (Å²) < 4.78 is 11.5. The fourth-order valence-corrected chi connectivity index (χ4v) is 6.86. The summed E-state index contributed by atoms with van der Waals surface area (Å²) in [5.74, 6) is -0.544. The van der Waals surface area contributed by atoms with Crippen molar-refractivity contribution in [2.75, 3.05) is 57.9 Å². The molecule has 2 aliphatic heterocycles. The van der Waals surface area contributed by atoms with Crippen molar-refractivity contribution in [3.8, 4) is 5.75 Å². The zero-order valence-corrected chi connectivity index (χ0v) is 20.9. The van der Waals surface area contributed by atoms with Gasteiger partial charge < -0.3 is 14.4 Å². The normalized spacial score (nSPS) is 30.8. The number of amides is 2. The first-order valence-corrected chi connectivity index (χ1v) is 13.1. The summed E-state index contributed by atoms with van der Waals surface area (Å²) in [5, 5.41) is 0. The van der Waals surface area contributed by atoms with Crippen LogP contribution in [-0.2, 0) is 19.1 Å². The molecule has 1 aromatic rings. The van der Waals surface area contributed by atoms with Crippen molar-refractivity contribution in [2.45, 2.75) is 44.6 Å². The molecule has 0 spiro atoms. The Morgan fingerprint density at radius 1 is 1.00 bits per heavy atom. The molecule has 0 aromatic heterocycles. The third-order valence-electron chi connectivity index (χ3n) is 8.54. The lowest BCUT2D eigenvalue weighted by Gasteiger charge is -2.50. The first-order valence-electron chi connectivity index (χ1n) is 13.1. The zero-order valence-electron chi connectivity index (χ0n) is 20.9. The number of nitrogens with zero attached hydrogens (tertiary/aromatic N) is 3. The molecule has 190 valence electrons. The number of benzene rings is 1. The van der Waals surface area contributed by atoms with Crippen LogP contribution in [0.25, 0.3) is 0 Å². The van der Waals surface area contributed by atoms with E-state index < -0.39 is 17.4 Å². The van der Waals surface area contributed by atoms with Gasteiger partial charge in [-0.05, 0) is 51.3 Å². The molecule has 3 aliphatic carbocycles. The van der Waals surface area contributed by atoms with Crippen LogP contribution in [0.5, 0.6) is 5.75 Å². The van der Waals surface area contributed by atoms with E-state index in [-0.39, 0.29) is 29.9 Å². The topological polar surface area (TPSA) is 79.4 Å². The highest BCUT2D eigenvalue weighted by atomic mass is 16.5. The van der Waals surface area contributed by atoms with Crippen LogP contribution < -0.4 is 9.64 Å². The third-order valence-corrected chi connectivity index (χ3v) is 8.54. The Balaban J connectivity index is 1.12. The minimum absolute atomic E-state index is 0.0983. The summed E-state index contributed by atoms with van der Waals surface area (Å²) in [4.78, 5) is 45.5. The number of hydrogen-bond donors (Lipinski definition) is 0. The Kier molecular flexibility index (Phi) is 6.86. The quantitative estimate of drug-likeness (QED) is 0.394. The summed E-state index contributed by atoms with van der Waals surface area (Å²) in [7, 11) is 1.71. The number of carbonyl (C=O) groups is 3. The van der Waals surface area contributed by atoms with Crippen LogP contribution in [0.3, 0.4) is 0 Å². The van der Waals surface area contributed by atoms with Crippen LogP contribution in [-0.4, -0.2) is 86.0 Å². The van der Waals surface area contributed by atoms with E-state index >= 15 is 0 Å². The SMILES string of the molecule is CCO[C@@]12CC[C@@H](C(=O)C1)[C@H]1C(=O)N(CCCCN3CCN(c4ccccc4OC)CC3)C(=O)[C@H]12. The van der Waals surface area contributed by atoms with E-state index in [1.807, 2.05) is 25.1 Å². The van der Waals surface area contributed by atoms with Crippen molar-refractivity contribution in [1.29, 1.82) is 0 Å². The predicted octanol–water partition coefficient (Wildman–Crippen LogP) is 2.36. The van der Waals surface area contributed by atoms with E-state index in [2.05, 4.69) is 15.9 Å². The number of carbonyl (C=O) groups excluding carboxylic acids is 3. The van der Waals surface area contributed by atoms with Crippen LogP contribution in [0.15, 0.2) is 24.3 Å². The van der Waals surface area contributed by atoms with Crippen molar-refractivity contribution in [3.05, 3.63) is 24.3 Å². The number of methoxy groups -OCH3 is 1. The number of likely N-dealkylation sites (tertiary alicyclic amines) is 1. The molecule has 4 atom stereocenters. The van der Waals surface area contributed by atoms with Gasteiger partial charge in [0, 0.05) is 51.7 Å². The maximum absolute atomic E-state index is 13.3. The van der Waals surface area contributed by atoms with Crippen molar-refractivity contribution in [3.63, 3.8) is 0 Å². The standard InChI is InChI=1S/C27H37N3O5/c1-3-35-27-11-10-19(21(31)18-27)23-24(27)26(33)30(25(23)32)13-7-6-12-28-14-16-29(17-15-28)20-8-4-5-9-22(20)34-2/h4-5,8-9,19,23-24H,3,6-7,10-18H2,1-2H3/t19-,23+,24-,27-/m0/s1. The fourth-order valence-electron chi connectivity index (χ4n) is 6.86. The smallest absolute Gasteiger partial charge is 0.236 e. The van der Waals surface area contributed by atoms with Gasteiger partial charge in [0.25, 0.3) is 0 Å². The van der Waals surface area contributed by atoms with E-state index in [1.165, 1.54) is 4.90 Å². The van der Waals surface area contributed by atoms with Crippen LogP contribution >= 0.6 is 0 Å². The first-order chi connectivity index (χ1) is 17.0. The average molecular weight is 484 g/mol. The maximum atomic E-state index is 13.3. The second kappa shape index (κ2) is 9.90. The predicted molar refractivity (Wildman–Crippen MR) is 131 cm³/mol. The van der Waals surface area contributed by atoms with Crippen LogP contribution in [0.4, 0.5) is 5.69 Å². The van der Waals surface area contributed by atoms with Crippen LogP contribution in [0.2, 0.25) is 0 Å². The highest BCUT2D eigenvalue weighted by Crippen LogP contribution is 2.55. The van der Waals surface area contributed by atoms with Crippen molar-refractivity contribution >= 4 is 23.3 Å². The Morgan fingerprint density at radius 3 is 2.46 bits per heavy atom. The molecule has 2 heterocycles. The van der Waals surface area contributed by atoms with E-state index in [0.717, 1.165) is 57.0 Å². The molecule has 5 fully saturated rings. The summed E-state index contributed by atoms with van der Waals surface area (Å²) in [6.07, 6.45) is 3.35. The second-order valence-corrected chi connectivity index (χ2v) is 10.3. The Morgan fingerprint density at radius 2 is 1.74 bits per heavy atom. The Labute approximate surface area is 207 Å². The third kappa shape index (κ3) is 4.25. The lowest BCUT2D eigenvalue weighted by atomic mass is 9.56. The second-order valence-electron chi connectivity index (χ2n) is 10.3. The number of unbranched alkanes of at least 4 members (excludes halogenated alkanes) is 1. The van der Waals surface area contributed by atoms with E-state index in [0.29, 0.717) is 26.0 Å². The molecule has 6 rings (SSSR count). The molecule has 5 aliphatic rings. The van der Waals surface area contributed by atoms with E-state index in [9.17, 15) is 14.4 Å². The van der Waals surface area contributed by atoms with Crippen molar-refractivity contribution in [1.82, 2.24) is 9.80 Å². The van der Waals surface area contributed by atoms with Gasteiger partial charge in [-0.3, -0.25) is 24.2 Å². The van der Waals surface area contributed by atoms with Crippen LogP contribution in [0, 0.1) is 17.8 Å². The van der Waals surface area contributed by atoms with E-state index in [4.69, 9.17) is 9.47 Å². The summed E-state index contributed by atoms with van der Waals surface area (Å²) >= 11 is 0. The molecular weight excluding hydrogens is 446 g/mol. The molecule has 2 amide bonds. The fraction of sp³-hybridized carbons (Fsp3) is 0.667. The van der Waals surface area contributed by atoms with Gasteiger partial charge in [-0.25, -0.2) is 0 Å². The molecule has 0 N–H and O–H groups in total. The number of ether oxygens (including phenoxy) is 2. The number of hydrogen-bond acceptors (Lipinski definition) is 7. The van der Waals surface area contributed by atoms with Gasteiger partial charge in [0.15, 0.2) is 0 Å². The van der Waals surface area contributed by atoms with Gasteiger partial charge >= 0.3 is 0 Å². The van der Waals surface area contributed by atoms with Gasteiger partial charge in [-0.2, -0.15) is 0 Å². The number of fused-ring (bicyclic) bond motifs is 2. The van der Waals surface area contributed by atoms with Gasteiger partial charge in [-0.15, -0.1) is 0 Å². The first kappa shape index (κ1) is 24.3. The van der Waals surface area contributed by atoms with Gasteiger partial charge in [0.2, 0.25) is 11.8 Å². The van der Waals surface area contributed by atoms with Crippen LogP contribution in [0.1, 0.15) is 39.0 Å². The Bertz CT molecular complexity index is 971. The lowest BCUT2D eigenvalue weighted by molar-refractivity contribution is -0.180. The molecule has 3 saturated carbocycles. The van der Waals surface area contributed by atoms with Gasteiger partial charge in [-0.1, -0.05) is 12.1 Å². The number of imide groups is 1. The minimum atomic E-state index is -0.770. The molecule has 35 heavy (non-hydrogen) atoms. The van der Waals surface area contributed by atoms with Crippen molar-refractivity contribution in [2.24, 2.45) is 17.8 Å². The molecule has 0 unspecified atom stereocenters. The highest BCUT2D eigenvalue weighted by molar-refractivity contribution is 6.09. The van der Waals surface area contributed by atoms with E-state index in [1.54, 1.807) is 7.11 Å². The molecule has 1 aromatic carbocycles. The molecule has 2 bridgehead atoms. The minimum Gasteiger partial charge on any atom is -0.495 e. The highest BCUT2D eigenvalue weighted by Gasteiger charge is 2.67. The number of rotatable bonds is 9. The largest absolute Gasteiger partial charge is 0.495 e. The number of anilines is 1. The number of para-hydroxylation sites is 2. The Hall–Kier alpha value is -2.45. The molecular formula is C27H37N3O5. The monoisotopic (exact) mass is 483 g/mol. The molecule has 0 radical (unpaired) electrons. The summed E-state index contributed by atoms with van der Waals surface area (Å²) in [5.41, 5.74) is 0.368. The lowest BCUT2D eigenvalue weighted by Crippen LogP contribution is -2.59. The molecule has 2 saturated heterocycles. The van der Waals surface area contributed by atoms with Gasteiger partial charge in [0.05, 0.1) is 30.2 Å². The van der Waals surface area contributed by atoms with Crippen molar-refractivity contribution < 1.29 is 23.9 Å². The number of piperazine rings is 1. The number of Topliss-reactive ketones (excluding diaryl/α,β-unsaturated/α-hetero) is 1. The average Bonchev–Trinajstić information content (AvgIpc) is 3.14. The molecule has 8 heteroatoms.